The number of hydrogen-bond donors (Lipinski definition) is 3. The van der Waals surface area contributed by atoms with Crippen LogP contribution in [0.25, 0.3) is 0 Å². The van der Waals surface area contributed by atoms with Crippen LogP contribution in [0, 0.1) is 0 Å². The Morgan fingerprint density at radius 1 is 1.43 bits per heavy atom. The molecule has 2 aromatic heterocycles. The minimum atomic E-state index is -0.118. The molecule has 1 atom stereocenters. The van der Waals surface area contributed by atoms with Gasteiger partial charge in [0.2, 0.25) is 0 Å². The third-order valence-corrected chi connectivity index (χ3v) is 2.00. The summed E-state index contributed by atoms with van der Waals surface area (Å²) >= 11 is 0. The van der Waals surface area contributed by atoms with Crippen molar-refractivity contribution in [2.75, 3.05) is 0 Å². The first kappa shape index (κ1) is 8.86. The number of rotatable bonds is 3. The Labute approximate surface area is 81.4 Å². The minimum Gasteiger partial charge on any atom is -0.363 e. The van der Waals surface area contributed by atoms with E-state index in [1.165, 1.54) is 6.33 Å². The molecular formula is C9H11N5. The molecular weight excluding hydrogens is 178 g/mol. The van der Waals surface area contributed by atoms with Crippen molar-refractivity contribution in [2.24, 2.45) is 5.84 Å². The zero-order valence-corrected chi connectivity index (χ0v) is 7.51. The molecule has 14 heavy (non-hydrogen) atoms. The number of nitrogens with one attached hydrogen (secondary N) is 2. The molecule has 4 N–H and O–H groups in total. The molecule has 0 aromatic carbocycles. The molecule has 5 nitrogen and oxygen atoms in total. The first-order valence-corrected chi connectivity index (χ1v) is 4.27. The van der Waals surface area contributed by atoms with Gasteiger partial charge in [0.15, 0.2) is 0 Å². The van der Waals surface area contributed by atoms with Gasteiger partial charge in [-0.05, 0) is 18.2 Å². The fourth-order valence-electron chi connectivity index (χ4n) is 1.33. The molecule has 1 unspecified atom stereocenters. The molecule has 0 spiro atoms. The highest BCUT2D eigenvalue weighted by molar-refractivity contribution is 5.20. The predicted octanol–water partition coefficient (Wildman–Crippen LogP) is 0.357. The lowest BCUT2D eigenvalue weighted by molar-refractivity contribution is 0.606. The second-order valence-electron chi connectivity index (χ2n) is 2.86. The van der Waals surface area contributed by atoms with Crippen LogP contribution in [0.1, 0.15) is 17.4 Å². The van der Waals surface area contributed by atoms with Gasteiger partial charge in [0, 0.05) is 18.1 Å². The van der Waals surface area contributed by atoms with E-state index < -0.39 is 0 Å². The molecule has 72 valence electrons. The number of aromatic amines is 1. The Balaban J connectivity index is 2.31. The highest BCUT2D eigenvalue weighted by atomic mass is 15.2. The Kier molecular flexibility index (Phi) is 2.53. The maximum atomic E-state index is 5.47. The maximum absolute atomic E-state index is 5.47. The number of hydrazine groups is 1. The number of aromatic nitrogens is 3. The fraction of sp³-hybridized carbons (Fsp3) is 0.111. The minimum absolute atomic E-state index is 0.118. The van der Waals surface area contributed by atoms with Crippen LogP contribution in [0.5, 0.6) is 0 Å². The van der Waals surface area contributed by atoms with E-state index in [1.807, 2.05) is 24.4 Å². The SMILES string of the molecule is NNC(c1ccncn1)c1ccc[nH]1. The largest absolute Gasteiger partial charge is 0.363 e. The highest BCUT2D eigenvalue weighted by Gasteiger charge is 2.13. The van der Waals surface area contributed by atoms with E-state index in [2.05, 4.69) is 20.4 Å². The molecule has 0 saturated carbocycles. The van der Waals surface area contributed by atoms with Gasteiger partial charge in [-0.2, -0.15) is 0 Å². The van der Waals surface area contributed by atoms with Gasteiger partial charge in [0.05, 0.1) is 5.69 Å². The van der Waals surface area contributed by atoms with Gasteiger partial charge in [-0.25, -0.2) is 15.4 Å². The predicted molar refractivity (Wildman–Crippen MR) is 52.0 cm³/mol. The molecule has 2 aromatic rings. The zero-order chi connectivity index (χ0) is 9.80. The summed E-state index contributed by atoms with van der Waals surface area (Å²) in [5.41, 5.74) is 4.52. The molecule has 0 aliphatic heterocycles. The van der Waals surface area contributed by atoms with Crippen LogP contribution in [0.15, 0.2) is 36.9 Å². The summed E-state index contributed by atoms with van der Waals surface area (Å²) in [7, 11) is 0. The van der Waals surface area contributed by atoms with Gasteiger partial charge in [-0.3, -0.25) is 5.84 Å². The van der Waals surface area contributed by atoms with Crippen LogP contribution in [0.4, 0.5) is 0 Å². The summed E-state index contributed by atoms with van der Waals surface area (Å²) in [4.78, 5) is 11.1. The summed E-state index contributed by atoms with van der Waals surface area (Å²) in [5.74, 6) is 5.47. The molecule has 0 fully saturated rings. The summed E-state index contributed by atoms with van der Waals surface area (Å²) in [5, 5.41) is 0. The molecule has 0 radical (unpaired) electrons. The van der Waals surface area contributed by atoms with E-state index in [0.29, 0.717) is 0 Å². The van der Waals surface area contributed by atoms with E-state index in [4.69, 9.17) is 5.84 Å². The maximum Gasteiger partial charge on any atom is 0.115 e. The average Bonchev–Trinajstić information content (AvgIpc) is 2.74. The van der Waals surface area contributed by atoms with Gasteiger partial charge < -0.3 is 4.98 Å². The van der Waals surface area contributed by atoms with Crippen LogP contribution in [-0.2, 0) is 0 Å². The van der Waals surface area contributed by atoms with Crippen LogP contribution < -0.4 is 11.3 Å². The topological polar surface area (TPSA) is 79.6 Å². The Morgan fingerprint density at radius 3 is 2.93 bits per heavy atom. The van der Waals surface area contributed by atoms with Gasteiger partial charge in [0.1, 0.15) is 12.4 Å². The monoisotopic (exact) mass is 189 g/mol. The van der Waals surface area contributed by atoms with Crippen molar-refractivity contribution in [3.05, 3.63) is 48.3 Å². The number of nitrogens with two attached hydrogens (primary N) is 1. The molecule has 0 amide bonds. The van der Waals surface area contributed by atoms with Gasteiger partial charge in [0.25, 0.3) is 0 Å². The molecule has 0 aliphatic carbocycles. The molecule has 0 aliphatic rings. The molecule has 2 rings (SSSR count). The Hall–Kier alpha value is -1.72. The molecule has 0 saturated heterocycles. The van der Waals surface area contributed by atoms with E-state index >= 15 is 0 Å². The van der Waals surface area contributed by atoms with Crippen molar-refractivity contribution in [3.8, 4) is 0 Å². The van der Waals surface area contributed by atoms with E-state index in [0.717, 1.165) is 11.4 Å². The van der Waals surface area contributed by atoms with Gasteiger partial charge >= 0.3 is 0 Å². The molecule has 2 heterocycles. The number of nitrogens with zero attached hydrogens (tertiary/aromatic N) is 2. The molecule has 5 heteroatoms. The number of hydrogen-bond acceptors (Lipinski definition) is 4. The third kappa shape index (κ3) is 1.63. The van der Waals surface area contributed by atoms with Crippen molar-refractivity contribution in [2.45, 2.75) is 6.04 Å². The quantitative estimate of drug-likeness (QED) is 0.481. The van der Waals surface area contributed by atoms with Crippen molar-refractivity contribution in [3.63, 3.8) is 0 Å². The van der Waals surface area contributed by atoms with Gasteiger partial charge in [-0.1, -0.05) is 0 Å². The average molecular weight is 189 g/mol. The first-order chi connectivity index (χ1) is 6.92. The second-order valence-corrected chi connectivity index (χ2v) is 2.86. The van der Waals surface area contributed by atoms with Crippen LogP contribution >= 0.6 is 0 Å². The van der Waals surface area contributed by atoms with Crippen molar-refractivity contribution >= 4 is 0 Å². The fourth-order valence-corrected chi connectivity index (χ4v) is 1.33. The van der Waals surface area contributed by atoms with E-state index in [1.54, 1.807) is 6.20 Å². The first-order valence-electron chi connectivity index (χ1n) is 4.27. The summed E-state index contributed by atoms with van der Waals surface area (Å²) in [6.07, 6.45) is 5.04. The smallest absolute Gasteiger partial charge is 0.115 e. The van der Waals surface area contributed by atoms with Crippen LogP contribution in [0.3, 0.4) is 0 Å². The van der Waals surface area contributed by atoms with Crippen LogP contribution in [-0.4, -0.2) is 15.0 Å². The summed E-state index contributed by atoms with van der Waals surface area (Å²) in [6, 6.07) is 5.58. The Bertz CT molecular complexity index is 369. The summed E-state index contributed by atoms with van der Waals surface area (Å²) < 4.78 is 0. The lowest BCUT2D eigenvalue weighted by atomic mass is 10.1. The van der Waals surface area contributed by atoms with E-state index in [-0.39, 0.29) is 6.04 Å². The lowest BCUT2D eigenvalue weighted by Gasteiger charge is -2.12. The Morgan fingerprint density at radius 2 is 2.36 bits per heavy atom. The van der Waals surface area contributed by atoms with Crippen molar-refractivity contribution in [1.82, 2.24) is 20.4 Å². The normalized spacial score (nSPS) is 12.6. The molecule has 0 bridgehead atoms. The summed E-state index contributed by atoms with van der Waals surface area (Å²) in [6.45, 7) is 0. The van der Waals surface area contributed by atoms with Gasteiger partial charge in [-0.15, -0.1) is 0 Å². The number of H-pyrrole nitrogens is 1. The van der Waals surface area contributed by atoms with E-state index in [9.17, 15) is 0 Å². The standard InChI is InChI=1S/C9H11N5/c10-14-9(7-2-1-4-12-7)8-3-5-11-6-13-8/h1-6,9,12,14H,10H2. The third-order valence-electron chi connectivity index (χ3n) is 2.00. The highest BCUT2D eigenvalue weighted by Crippen LogP contribution is 2.16. The zero-order valence-electron chi connectivity index (χ0n) is 7.51. The lowest BCUT2D eigenvalue weighted by Crippen LogP contribution is -2.29. The van der Waals surface area contributed by atoms with Crippen molar-refractivity contribution < 1.29 is 0 Å². The van der Waals surface area contributed by atoms with Crippen molar-refractivity contribution in [1.29, 1.82) is 0 Å². The van der Waals surface area contributed by atoms with Crippen LogP contribution in [0.2, 0.25) is 0 Å². The second kappa shape index (κ2) is 3.99.